The van der Waals surface area contributed by atoms with E-state index in [9.17, 15) is 4.79 Å². The molecule has 0 radical (unpaired) electrons. The molecule has 0 spiro atoms. The molecule has 2 heterocycles. The number of carbonyl (C=O) groups is 1. The molecular formula is C25H20N2O. The number of hydrogen-bond donors (Lipinski definition) is 0. The van der Waals surface area contributed by atoms with Crippen molar-refractivity contribution in [3.05, 3.63) is 107 Å². The highest BCUT2D eigenvalue weighted by atomic mass is 16.2. The molecule has 3 heteroatoms. The maximum Gasteiger partial charge on any atom is 0.283 e. The lowest BCUT2D eigenvalue weighted by Gasteiger charge is -2.18. The molecule has 2 aliphatic rings. The first-order valence-corrected chi connectivity index (χ1v) is 9.68. The summed E-state index contributed by atoms with van der Waals surface area (Å²) in [6, 6.07) is 28.3. The SMILES string of the molecule is O=C1C(=C(c2ccccc2)c2ccccc2)N=C2CCCc3ccccc3N12. The minimum atomic E-state index is -0.0351. The fraction of sp³-hybridized carbons (Fsp3) is 0.120. The van der Waals surface area contributed by atoms with Gasteiger partial charge in [-0.2, -0.15) is 0 Å². The van der Waals surface area contributed by atoms with Gasteiger partial charge in [0.15, 0.2) is 0 Å². The number of hydrogen-bond acceptors (Lipinski definition) is 2. The predicted octanol–water partition coefficient (Wildman–Crippen LogP) is 5.23. The fourth-order valence-corrected chi connectivity index (χ4v) is 4.06. The van der Waals surface area contributed by atoms with E-state index < -0.39 is 0 Å². The van der Waals surface area contributed by atoms with Crippen molar-refractivity contribution in [3.8, 4) is 0 Å². The van der Waals surface area contributed by atoms with Crippen molar-refractivity contribution in [2.24, 2.45) is 4.99 Å². The third kappa shape index (κ3) is 2.76. The summed E-state index contributed by atoms with van der Waals surface area (Å²) in [6.45, 7) is 0. The molecular weight excluding hydrogens is 344 g/mol. The van der Waals surface area contributed by atoms with Crippen LogP contribution in [0.5, 0.6) is 0 Å². The van der Waals surface area contributed by atoms with Crippen molar-refractivity contribution in [2.75, 3.05) is 4.90 Å². The van der Waals surface area contributed by atoms with Crippen molar-refractivity contribution < 1.29 is 4.79 Å². The van der Waals surface area contributed by atoms with Crippen LogP contribution in [-0.4, -0.2) is 11.7 Å². The van der Waals surface area contributed by atoms with Gasteiger partial charge in [0, 0.05) is 12.0 Å². The minimum absolute atomic E-state index is 0.0351. The molecule has 0 fully saturated rings. The Balaban J connectivity index is 1.73. The van der Waals surface area contributed by atoms with Gasteiger partial charge in [0.25, 0.3) is 5.91 Å². The monoisotopic (exact) mass is 364 g/mol. The van der Waals surface area contributed by atoms with Gasteiger partial charge in [-0.15, -0.1) is 0 Å². The lowest BCUT2D eigenvalue weighted by Crippen LogP contribution is -2.31. The number of amides is 1. The van der Waals surface area contributed by atoms with Crippen LogP contribution >= 0.6 is 0 Å². The topological polar surface area (TPSA) is 32.7 Å². The van der Waals surface area contributed by atoms with Gasteiger partial charge in [-0.25, -0.2) is 4.99 Å². The van der Waals surface area contributed by atoms with Gasteiger partial charge >= 0.3 is 0 Å². The maximum absolute atomic E-state index is 13.6. The van der Waals surface area contributed by atoms with Gasteiger partial charge in [-0.1, -0.05) is 78.9 Å². The summed E-state index contributed by atoms with van der Waals surface area (Å²) in [5, 5.41) is 0. The minimum Gasteiger partial charge on any atom is -0.266 e. The summed E-state index contributed by atoms with van der Waals surface area (Å²) in [6.07, 6.45) is 2.78. The van der Waals surface area contributed by atoms with Crippen LogP contribution in [0.4, 0.5) is 5.69 Å². The maximum atomic E-state index is 13.6. The molecule has 0 saturated heterocycles. The molecule has 0 aromatic heterocycles. The smallest absolute Gasteiger partial charge is 0.266 e. The Morgan fingerprint density at radius 1 is 0.750 bits per heavy atom. The average molecular weight is 364 g/mol. The Morgan fingerprint density at radius 2 is 1.36 bits per heavy atom. The molecule has 1 amide bonds. The fourth-order valence-electron chi connectivity index (χ4n) is 4.06. The molecule has 0 atom stereocenters. The first-order valence-electron chi connectivity index (χ1n) is 9.68. The van der Waals surface area contributed by atoms with E-state index in [-0.39, 0.29) is 5.91 Å². The lowest BCUT2D eigenvalue weighted by atomic mass is 9.95. The van der Waals surface area contributed by atoms with Crippen LogP contribution in [0, 0.1) is 0 Å². The average Bonchev–Trinajstić information content (AvgIpc) is 2.94. The third-order valence-corrected chi connectivity index (χ3v) is 5.35. The van der Waals surface area contributed by atoms with Crippen LogP contribution in [0.1, 0.15) is 29.5 Å². The van der Waals surface area contributed by atoms with Crippen molar-refractivity contribution in [1.82, 2.24) is 0 Å². The first-order chi connectivity index (χ1) is 13.8. The molecule has 0 N–H and O–H groups in total. The van der Waals surface area contributed by atoms with Crippen LogP contribution in [0.2, 0.25) is 0 Å². The van der Waals surface area contributed by atoms with Crippen LogP contribution in [0.3, 0.4) is 0 Å². The van der Waals surface area contributed by atoms with E-state index in [0.717, 1.165) is 47.5 Å². The van der Waals surface area contributed by atoms with E-state index in [1.54, 1.807) is 0 Å². The van der Waals surface area contributed by atoms with E-state index >= 15 is 0 Å². The second kappa shape index (κ2) is 6.93. The molecule has 0 aliphatic carbocycles. The molecule has 0 bridgehead atoms. The zero-order chi connectivity index (χ0) is 18.9. The Hall–Kier alpha value is -3.46. The molecule has 2 aliphatic heterocycles. The van der Waals surface area contributed by atoms with Crippen LogP contribution in [0.15, 0.2) is 95.6 Å². The molecule has 3 aromatic rings. The predicted molar refractivity (Wildman–Crippen MR) is 113 cm³/mol. The summed E-state index contributed by atoms with van der Waals surface area (Å²) < 4.78 is 0. The number of para-hydroxylation sites is 1. The normalized spacial score (nSPS) is 15.6. The Labute approximate surface area is 164 Å². The molecule has 0 saturated carbocycles. The van der Waals surface area contributed by atoms with Gasteiger partial charge in [-0.05, 0) is 35.6 Å². The summed E-state index contributed by atoms with van der Waals surface area (Å²) in [5.41, 5.74) is 5.62. The third-order valence-electron chi connectivity index (χ3n) is 5.35. The van der Waals surface area contributed by atoms with E-state index in [1.165, 1.54) is 5.56 Å². The zero-order valence-corrected chi connectivity index (χ0v) is 15.5. The van der Waals surface area contributed by atoms with Crippen LogP contribution < -0.4 is 4.90 Å². The number of fused-ring (bicyclic) bond motifs is 3. The summed E-state index contributed by atoms with van der Waals surface area (Å²) >= 11 is 0. The molecule has 136 valence electrons. The number of nitrogens with zero attached hydrogens (tertiary/aromatic N) is 2. The number of anilines is 1. The van der Waals surface area contributed by atoms with E-state index in [2.05, 4.69) is 6.07 Å². The molecule has 3 nitrogen and oxygen atoms in total. The number of carbonyl (C=O) groups excluding carboxylic acids is 1. The molecule has 0 unspecified atom stereocenters. The highest BCUT2D eigenvalue weighted by molar-refractivity contribution is 6.30. The van der Waals surface area contributed by atoms with Gasteiger partial charge < -0.3 is 0 Å². The number of benzene rings is 3. The largest absolute Gasteiger partial charge is 0.283 e. The van der Waals surface area contributed by atoms with Crippen molar-refractivity contribution >= 4 is 23.0 Å². The van der Waals surface area contributed by atoms with Gasteiger partial charge in [0.1, 0.15) is 11.5 Å². The first kappa shape index (κ1) is 16.7. The van der Waals surface area contributed by atoms with Gasteiger partial charge in [0.2, 0.25) is 0 Å². The van der Waals surface area contributed by atoms with E-state index in [1.807, 2.05) is 83.8 Å². The second-order valence-corrected chi connectivity index (χ2v) is 7.11. The summed E-state index contributed by atoms with van der Waals surface area (Å²) in [4.78, 5) is 20.3. The second-order valence-electron chi connectivity index (χ2n) is 7.11. The van der Waals surface area contributed by atoms with Crippen molar-refractivity contribution in [2.45, 2.75) is 19.3 Å². The van der Waals surface area contributed by atoms with Crippen molar-refractivity contribution in [3.63, 3.8) is 0 Å². The Bertz CT molecular complexity index is 1060. The summed E-state index contributed by atoms with van der Waals surface area (Å²) in [7, 11) is 0. The molecule has 3 aromatic carbocycles. The van der Waals surface area contributed by atoms with E-state index in [0.29, 0.717) is 5.70 Å². The zero-order valence-electron chi connectivity index (χ0n) is 15.5. The van der Waals surface area contributed by atoms with Gasteiger partial charge in [-0.3, -0.25) is 9.69 Å². The number of amidine groups is 1. The molecule has 28 heavy (non-hydrogen) atoms. The standard InChI is InChI=1S/C25H20N2O/c28-25-24(23(19-11-3-1-4-12-19)20-13-5-2-6-14-20)26-22-17-9-15-18-10-7-8-16-21(18)27(22)25/h1-8,10-14,16H,9,15,17H2. The van der Waals surface area contributed by atoms with Crippen LogP contribution in [-0.2, 0) is 11.2 Å². The lowest BCUT2D eigenvalue weighted by molar-refractivity contribution is -0.113. The Kier molecular flexibility index (Phi) is 4.13. The Morgan fingerprint density at radius 3 is 2.04 bits per heavy atom. The summed E-state index contributed by atoms with van der Waals surface area (Å²) in [5.74, 6) is 0.821. The van der Waals surface area contributed by atoms with E-state index in [4.69, 9.17) is 4.99 Å². The number of aliphatic imine (C=N–C) groups is 1. The highest BCUT2D eigenvalue weighted by Gasteiger charge is 2.36. The number of aryl methyl sites for hydroxylation is 1. The molecule has 5 rings (SSSR count). The van der Waals surface area contributed by atoms with Crippen molar-refractivity contribution in [1.29, 1.82) is 0 Å². The van der Waals surface area contributed by atoms with Crippen LogP contribution in [0.25, 0.3) is 5.57 Å². The van der Waals surface area contributed by atoms with Gasteiger partial charge in [0.05, 0.1) is 5.69 Å². The number of rotatable bonds is 2. The quantitative estimate of drug-likeness (QED) is 0.573. The highest BCUT2D eigenvalue weighted by Crippen LogP contribution is 2.37.